The molecule has 2 rings (SSSR count). The SMILES string of the molecule is CC1=NNC(=O)[C@H]1CCNC(=O)[C@H](C)Oc1cccc(C)c1. The summed E-state index contributed by atoms with van der Waals surface area (Å²) in [5, 5.41) is 6.66. The highest BCUT2D eigenvalue weighted by Gasteiger charge is 2.26. The van der Waals surface area contributed by atoms with E-state index < -0.39 is 6.10 Å². The van der Waals surface area contributed by atoms with E-state index in [1.165, 1.54) is 0 Å². The smallest absolute Gasteiger partial charge is 0.260 e. The van der Waals surface area contributed by atoms with E-state index in [4.69, 9.17) is 4.74 Å². The number of hydrogen-bond donors (Lipinski definition) is 2. The van der Waals surface area contributed by atoms with Gasteiger partial charge in [0.25, 0.3) is 5.91 Å². The topological polar surface area (TPSA) is 79.8 Å². The molecule has 22 heavy (non-hydrogen) atoms. The van der Waals surface area contributed by atoms with Crippen molar-refractivity contribution in [1.82, 2.24) is 10.7 Å². The lowest BCUT2D eigenvalue weighted by Gasteiger charge is -2.15. The quantitative estimate of drug-likeness (QED) is 0.833. The second-order valence-corrected chi connectivity index (χ2v) is 5.44. The van der Waals surface area contributed by atoms with E-state index in [-0.39, 0.29) is 17.7 Å². The van der Waals surface area contributed by atoms with Crippen LogP contribution in [-0.4, -0.2) is 30.2 Å². The average Bonchev–Trinajstić information content (AvgIpc) is 2.78. The van der Waals surface area contributed by atoms with Crippen molar-refractivity contribution in [3.05, 3.63) is 29.8 Å². The Hall–Kier alpha value is -2.37. The van der Waals surface area contributed by atoms with Gasteiger partial charge in [-0.25, -0.2) is 5.43 Å². The maximum absolute atomic E-state index is 12.0. The van der Waals surface area contributed by atoms with E-state index in [2.05, 4.69) is 15.8 Å². The first-order valence-corrected chi connectivity index (χ1v) is 7.32. The van der Waals surface area contributed by atoms with E-state index in [1.54, 1.807) is 13.8 Å². The second-order valence-electron chi connectivity index (χ2n) is 5.44. The molecule has 2 amide bonds. The molecule has 1 aromatic carbocycles. The predicted octanol–water partition coefficient (Wildman–Crippen LogP) is 1.39. The monoisotopic (exact) mass is 303 g/mol. The molecule has 0 unspecified atom stereocenters. The molecule has 0 bridgehead atoms. The van der Waals surface area contributed by atoms with Gasteiger partial charge in [-0.3, -0.25) is 9.59 Å². The van der Waals surface area contributed by atoms with E-state index in [1.807, 2.05) is 31.2 Å². The minimum Gasteiger partial charge on any atom is -0.481 e. The Morgan fingerprint density at radius 3 is 2.86 bits per heavy atom. The van der Waals surface area contributed by atoms with Gasteiger partial charge in [0.15, 0.2) is 6.10 Å². The van der Waals surface area contributed by atoms with Crippen LogP contribution in [0.25, 0.3) is 0 Å². The van der Waals surface area contributed by atoms with Gasteiger partial charge in [-0.2, -0.15) is 5.10 Å². The van der Waals surface area contributed by atoms with Crippen molar-refractivity contribution >= 4 is 17.5 Å². The van der Waals surface area contributed by atoms with Crippen molar-refractivity contribution in [1.29, 1.82) is 0 Å². The molecule has 0 saturated carbocycles. The van der Waals surface area contributed by atoms with Gasteiger partial charge in [-0.05, 0) is 44.9 Å². The van der Waals surface area contributed by atoms with Gasteiger partial charge in [-0.1, -0.05) is 12.1 Å². The molecule has 2 atom stereocenters. The molecule has 2 N–H and O–H groups in total. The van der Waals surface area contributed by atoms with E-state index in [0.29, 0.717) is 18.7 Å². The third-order valence-electron chi connectivity index (χ3n) is 3.57. The maximum Gasteiger partial charge on any atom is 0.260 e. The van der Waals surface area contributed by atoms with Gasteiger partial charge in [0.1, 0.15) is 5.75 Å². The van der Waals surface area contributed by atoms with E-state index in [0.717, 1.165) is 11.3 Å². The van der Waals surface area contributed by atoms with Crippen LogP contribution in [0.3, 0.4) is 0 Å². The number of nitrogens with one attached hydrogen (secondary N) is 2. The number of benzene rings is 1. The third-order valence-corrected chi connectivity index (χ3v) is 3.57. The summed E-state index contributed by atoms with van der Waals surface area (Å²) in [6, 6.07) is 7.55. The molecule has 1 heterocycles. The van der Waals surface area contributed by atoms with Crippen molar-refractivity contribution in [2.75, 3.05) is 6.54 Å². The lowest BCUT2D eigenvalue weighted by Crippen LogP contribution is -2.38. The van der Waals surface area contributed by atoms with Crippen LogP contribution in [0.4, 0.5) is 0 Å². The molecule has 0 aliphatic carbocycles. The molecule has 6 nitrogen and oxygen atoms in total. The normalized spacial score (nSPS) is 18.4. The number of hydrazone groups is 1. The lowest BCUT2D eigenvalue weighted by molar-refractivity contribution is -0.127. The summed E-state index contributed by atoms with van der Waals surface area (Å²) >= 11 is 0. The fourth-order valence-corrected chi connectivity index (χ4v) is 2.26. The van der Waals surface area contributed by atoms with Gasteiger partial charge >= 0.3 is 0 Å². The number of carbonyl (C=O) groups excluding carboxylic acids is 2. The third kappa shape index (κ3) is 4.07. The first-order valence-electron chi connectivity index (χ1n) is 7.32. The van der Waals surface area contributed by atoms with Crippen molar-refractivity contribution in [2.45, 2.75) is 33.3 Å². The highest BCUT2D eigenvalue weighted by atomic mass is 16.5. The zero-order valence-corrected chi connectivity index (χ0v) is 13.1. The number of carbonyl (C=O) groups is 2. The lowest BCUT2D eigenvalue weighted by atomic mass is 10.0. The summed E-state index contributed by atoms with van der Waals surface area (Å²) in [6.45, 7) is 5.87. The highest BCUT2D eigenvalue weighted by molar-refractivity contribution is 6.06. The molecule has 6 heteroatoms. The van der Waals surface area contributed by atoms with Gasteiger partial charge in [0.05, 0.1) is 5.92 Å². The van der Waals surface area contributed by atoms with E-state index >= 15 is 0 Å². The molecule has 0 aromatic heterocycles. The number of nitrogens with zero attached hydrogens (tertiary/aromatic N) is 1. The number of rotatable bonds is 6. The van der Waals surface area contributed by atoms with Crippen molar-refractivity contribution in [2.24, 2.45) is 11.0 Å². The number of ether oxygens (including phenoxy) is 1. The van der Waals surface area contributed by atoms with Gasteiger partial charge in [-0.15, -0.1) is 0 Å². The van der Waals surface area contributed by atoms with E-state index in [9.17, 15) is 9.59 Å². The molecule has 0 spiro atoms. The zero-order valence-electron chi connectivity index (χ0n) is 13.1. The molecule has 0 saturated heterocycles. The fourth-order valence-electron chi connectivity index (χ4n) is 2.26. The number of aryl methyl sites for hydroxylation is 1. The van der Waals surface area contributed by atoms with Crippen LogP contribution in [0.2, 0.25) is 0 Å². The summed E-state index contributed by atoms with van der Waals surface area (Å²) in [4.78, 5) is 23.5. The van der Waals surface area contributed by atoms with Crippen molar-refractivity contribution in [3.8, 4) is 5.75 Å². The predicted molar refractivity (Wildman–Crippen MR) is 83.6 cm³/mol. The van der Waals surface area contributed by atoms with Crippen LogP contribution >= 0.6 is 0 Å². The van der Waals surface area contributed by atoms with Gasteiger partial charge in [0, 0.05) is 12.3 Å². The molecule has 118 valence electrons. The Labute approximate surface area is 129 Å². The van der Waals surface area contributed by atoms with Crippen LogP contribution in [0.15, 0.2) is 29.4 Å². The zero-order chi connectivity index (χ0) is 16.1. The maximum atomic E-state index is 12.0. The molecular formula is C16H21N3O3. The van der Waals surface area contributed by atoms with Crippen molar-refractivity contribution in [3.63, 3.8) is 0 Å². The average molecular weight is 303 g/mol. The van der Waals surface area contributed by atoms with Crippen LogP contribution in [0.1, 0.15) is 25.8 Å². The minimum absolute atomic E-state index is 0.115. The molecule has 1 aromatic rings. The van der Waals surface area contributed by atoms with Gasteiger partial charge < -0.3 is 10.1 Å². The molecule has 1 aliphatic rings. The Balaban J connectivity index is 1.77. The summed E-state index contributed by atoms with van der Waals surface area (Å²) in [6.07, 6.45) is -0.0571. The standard InChI is InChI=1S/C16H21N3O3/c1-10-5-4-6-13(9-10)22-12(3)15(20)17-8-7-14-11(2)18-19-16(14)21/h4-6,9,12,14H,7-8H2,1-3H3,(H,17,20)(H,19,21)/t12-,14-/m0/s1. The number of amides is 2. The minimum atomic E-state index is -0.589. The van der Waals surface area contributed by atoms with Crippen LogP contribution in [-0.2, 0) is 9.59 Å². The van der Waals surface area contributed by atoms with Crippen LogP contribution < -0.4 is 15.5 Å². The van der Waals surface area contributed by atoms with Gasteiger partial charge in [0.2, 0.25) is 5.91 Å². The Kier molecular flexibility index (Phi) is 5.14. The Morgan fingerprint density at radius 2 is 2.23 bits per heavy atom. The summed E-state index contributed by atoms with van der Waals surface area (Å²) in [5.74, 6) is 0.0967. The second kappa shape index (κ2) is 7.06. The molecule has 0 radical (unpaired) electrons. The Morgan fingerprint density at radius 1 is 1.45 bits per heavy atom. The first-order chi connectivity index (χ1) is 10.5. The summed E-state index contributed by atoms with van der Waals surface area (Å²) in [7, 11) is 0. The number of hydrogen-bond acceptors (Lipinski definition) is 4. The Bertz CT molecular complexity index is 598. The van der Waals surface area contributed by atoms with Crippen LogP contribution in [0, 0.1) is 12.8 Å². The first kappa shape index (κ1) is 16.0. The molecule has 0 fully saturated rings. The summed E-state index contributed by atoms with van der Waals surface area (Å²) < 4.78 is 5.61. The fraction of sp³-hybridized carbons (Fsp3) is 0.438. The molecular weight excluding hydrogens is 282 g/mol. The van der Waals surface area contributed by atoms with Crippen molar-refractivity contribution < 1.29 is 14.3 Å². The van der Waals surface area contributed by atoms with Crippen LogP contribution in [0.5, 0.6) is 5.75 Å². The summed E-state index contributed by atoms with van der Waals surface area (Å²) in [5.41, 5.74) is 4.26. The highest BCUT2D eigenvalue weighted by Crippen LogP contribution is 2.14. The molecule has 1 aliphatic heterocycles. The largest absolute Gasteiger partial charge is 0.481 e.